The Morgan fingerprint density at radius 3 is 2.76 bits per heavy atom. The molecular formula is C12H13BrFNO2. The lowest BCUT2D eigenvalue weighted by atomic mass is 9.89. The van der Waals surface area contributed by atoms with Crippen molar-refractivity contribution in [1.29, 1.82) is 0 Å². The fourth-order valence-electron chi connectivity index (χ4n) is 2.45. The van der Waals surface area contributed by atoms with Gasteiger partial charge in [0.2, 0.25) is 6.79 Å². The molecule has 0 aromatic heterocycles. The summed E-state index contributed by atoms with van der Waals surface area (Å²) >= 11 is 3.23. The first kappa shape index (κ1) is 11.3. The molecular weight excluding hydrogens is 289 g/mol. The lowest BCUT2D eigenvalue weighted by Gasteiger charge is -2.21. The summed E-state index contributed by atoms with van der Waals surface area (Å²) in [7, 11) is 0. The van der Waals surface area contributed by atoms with Gasteiger partial charge in [-0.3, -0.25) is 0 Å². The van der Waals surface area contributed by atoms with Crippen molar-refractivity contribution in [2.45, 2.75) is 31.2 Å². The Labute approximate surface area is 107 Å². The predicted molar refractivity (Wildman–Crippen MR) is 64.8 cm³/mol. The molecule has 17 heavy (non-hydrogen) atoms. The third kappa shape index (κ3) is 1.48. The van der Waals surface area contributed by atoms with E-state index < -0.39 is 0 Å². The van der Waals surface area contributed by atoms with Gasteiger partial charge >= 0.3 is 0 Å². The van der Waals surface area contributed by atoms with E-state index in [0.717, 1.165) is 12.8 Å². The van der Waals surface area contributed by atoms with Crippen molar-refractivity contribution in [3.8, 4) is 11.5 Å². The number of halogens is 2. The van der Waals surface area contributed by atoms with E-state index in [2.05, 4.69) is 15.9 Å². The van der Waals surface area contributed by atoms with E-state index in [9.17, 15) is 4.39 Å². The van der Waals surface area contributed by atoms with Gasteiger partial charge in [0.05, 0.1) is 4.47 Å². The van der Waals surface area contributed by atoms with Crippen LogP contribution >= 0.6 is 15.9 Å². The Morgan fingerprint density at radius 2 is 2.18 bits per heavy atom. The van der Waals surface area contributed by atoms with Gasteiger partial charge in [-0.15, -0.1) is 0 Å². The van der Waals surface area contributed by atoms with Crippen LogP contribution < -0.4 is 15.2 Å². The maximum absolute atomic E-state index is 14.3. The molecule has 0 spiro atoms. The van der Waals surface area contributed by atoms with Crippen molar-refractivity contribution in [3.63, 3.8) is 0 Å². The van der Waals surface area contributed by atoms with Gasteiger partial charge in [0, 0.05) is 17.0 Å². The van der Waals surface area contributed by atoms with Crippen LogP contribution in [0.15, 0.2) is 10.5 Å². The maximum Gasteiger partial charge on any atom is 0.231 e. The summed E-state index contributed by atoms with van der Waals surface area (Å²) in [4.78, 5) is 0. The molecule has 92 valence electrons. The summed E-state index contributed by atoms with van der Waals surface area (Å²) in [6.07, 6.45) is 1.85. The summed E-state index contributed by atoms with van der Waals surface area (Å²) in [6.45, 7) is 2.06. The lowest BCUT2D eigenvalue weighted by molar-refractivity contribution is 0.173. The third-order valence-corrected chi connectivity index (χ3v) is 4.45. The molecule has 1 fully saturated rings. The number of fused-ring (bicyclic) bond motifs is 1. The molecule has 1 saturated carbocycles. The van der Waals surface area contributed by atoms with Gasteiger partial charge in [0.25, 0.3) is 0 Å². The summed E-state index contributed by atoms with van der Waals surface area (Å²) in [5.41, 5.74) is 6.39. The van der Waals surface area contributed by atoms with Crippen molar-refractivity contribution in [2.24, 2.45) is 5.73 Å². The highest BCUT2D eigenvalue weighted by atomic mass is 79.9. The van der Waals surface area contributed by atoms with Gasteiger partial charge in [-0.1, -0.05) is 0 Å². The van der Waals surface area contributed by atoms with Crippen molar-refractivity contribution in [2.75, 3.05) is 6.79 Å². The molecule has 0 amide bonds. The smallest absolute Gasteiger partial charge is 0.231 e. The summed E-state index contributed by atoms with van der Waals surface area (Å²) in [5.74, 6) is 0.774. The van der Waals surface area contributed by atoms with Crippen LogP contribution in [0.3, 0.4) is 0 Å². The van der Waals surface area contributed by atoms with E-state index in [1.54, 1.807) is 6.07 Å². The maximum atomic E-state index is 14.3. The first-order valence-corrected chi connectivity index (χ1v) is 6.39. The van der Waals surface area contributed by atoms with E-state index in [4.69, 9.17) is 15.2 Å². The summed E-state index contributed by atoms with van der Waals surface area (Å²) < 4.78 is 25.2. The second-order valence-electron chi connectivity index (χ2n) is 4.73. The van der Waals surface area contributed by atoms with E-state index in [-0.39, 0.29) is 24.1 Å². The molecule has 0 saturated heterocycles. The van der Waals surface area contributed by atoms with Crippen LogP contribution in [-0.2, 0) is 5.41 Å². The summed E-state index contributed by atoms with van der Waals surface area (Å²) in [5, 5.41) is 0. The normalized spacial score (nSPS) is 21.4. The van der Waals surface area contributed by atoms with Crippen molar-refractivity contribution < 1.29 is 13.9 Å². The number of rotatable bonds is 2. The number of nitrogens with two attached hydrogens (primary N) is 1. The Hall–Kier alpha value is -0.810. The monoisotopic (exact) mass is 301 g/mol. The van der Waals surface area contributed by atoms with Crippen molar-refractivity contribution in [3.05, 3.63) is 21.9 Å². The molecule has 1 unspecified atom stereocenters. The Bertz CT molecular complexity index is 486. The minimum Gasteiger partial charge on any atom is -0.454 e. The second kappa shape index (κ2) is 3.59. The van der Waals surface area contributed by atoms with Crippen LogP contribution in [0.2, 0.25) is 0 Å². The average molecular weight is 302 g/mol. The van der Waals surface area contributed by atoms with Crippen LogP contribution in [0.1, 0.15) is 25.3 Å². The molecule has 1 aliphatic heterocycles. The highest BCUT2D eigenvalue weighted by Crippen LogP contribution is 2.55. The molecule has 1 heterocycles. The minimum atomic E-state index is -0.274. The number of hydrogen-bond acceptors (Lipinski definition) is 3. The second-order valence-corrected chi connectivity index (χ2v) is 5.52. The molecule has 5 heteroatoms. The zero-order chi connectivity index (χ0) is 12.2. The standard InChI is InChI=1S/C12H13BrFNO2/c1-6(15)12(2-3-12)7-4-8-11(17-5-16-8)9(13)10(7)14/h4,6H,2-3,5,15H2,1H3. The first-order chi connectivity index (χ1) is 8.06. The highest BCUT2D eigenvalue weighted by molar-refractivity contribution is 9.10. The number of benzene rings is 1. The topological polar surface area (TPSA) is 44.5 Å². The van der Waals surface area contributed by atoms with Crippen LogP contribution in [0.25, 0.3) is 0 Å². The fraction of sp³-hybridized carbons (Fsp3) is 0.500. The minimum absolute atomic E-state index is 0.0655. The first-order valence-electron chi connectivity index (χ1n) is 5.60. The SMILES string of the molecule is CC(N)C1(c2cc3c(c(Br)c2F)OCO3)CC1. The largest absolute Gasteiger partial charge is 0.454 e. The van der Waals surface area contributed by atoms with E-state index in [0.29, 0.717) is 21.5 Å². The van der Waals surface area contributed by atoms with Gasteiger partial charge in [-0.25, -0.2) is 4.39 Å². The van der Waals surface area contributed by atoms with Gasteiger partial charge in [0.1, 0.15) is 5.82 Å². The van der Waals surface area contributed by atoms with Crippen LogP contribution in [0.4, 0.5) is 4.39 Å². The molecule has 2 N–H and O–H groups in total. The Kier molecular flexibility index (Phi) is 2.38. The fourth-order valence-corrected chi connectivity index (χ4v) is 2.97. The van der Waals surface area contributed by atoms with E-state index >= 15 is 0 Å². The molecule has 0 bridgehead atoms. The molecule has 1 aliphatic carbocycles. The number of ether oxygens (including phenoxy) is 2. The Balaban J connectivity index is 2.16. The van der Waals surface area contributed by atoms with Crippen molar-refractivity contribution >= 4 is 15.9 Å². The van der Waals surface area contributed by atoms with Gasteiger partial charge < -0.3 is 15.2 Å². The quantitative estimate of drug-likeness (QED) is 0.913. The number of hydrogen-bond donors (Lipinski definition) is 1. The van der Waals surface area contributed by atoms with Gasteiger partial charge in [-0.05, 0) is 41.8 Å². The van der Waals surface area contributed by atoms with E-state index in [1.807, 2.05) is 6.92 Å². The predicted octanol–water partition coefficient (Wildman–Crippen LogP) is 2.70. The molecule has 3 nitrogen and oxygen atoms in total. The molecule has 3 rings (SSSR count). The van der Waals surface area contributed by atoms with E-state index in [1.165, 1.54) is 0 Å². The third-order valence-electron chi connectivity index (χ3n) is 3.74. The molecule has 1 aromatic carbocycles. The Morgan fingerprint density at radius 1 is 1.47 bits per heavy atom. The molecule has 2 aliphatic rings. The van der Waals surface area contributed by atoms with Crippen LogP contribution in [0, 0.1) is 5.82 Å². The zero-order valence-corrected chi connectivity index (χ0v) is 11.0. The van der Waals surface area contributed by atoms with Crippen molar-refractivity contribution in [1.82, 2.24) is 0 Å². The molecule has 1 atom stereocenters. The highest BCUT2D eigenvalue weighted by Gasteiger charge is 2.50. The van der Waals surface area contributed by atoms with Gasteiger partial charge in [-0.2, -0.15) is 0 Å². The molecule has 1 aromatic rings. The van der Waals surface area contributed by atoms with Crippen LogP contribution in [-0.4, -0.2) is 12.8 Å². The van der Waals surface area contributed by atoms with Crippen LogP contribution in [0.5, 0.6) is 11.5 Å². The summed E-state index contributed by atoms with van der Waals surface area (Å²) in [6, 6.07) is 1.67. The zero-order valence-electron chi connectivity index (χ0n) is 9.43. The van der Waals surface area contributed by atoms with Gasteiger partial charge in [0.15, 0.2) is 11.5 Å². The molecule has 0 radical (unpaired) electrons. The lowest BCUT2D eigenvalue weighted by Crippen LogP contribution is -2.32. The average Bonchev–Trinajstić information content (AvgIpc) is 2.97.